The number of aromatic hydroxyl groups is 1. The Morgan fingerprint density at radius 2 is 2.32 bits per heavy atom. The van der Waals surface area contributed by atoms with Crippen LogP contribution in [0.1, 0.15) is 29.6 Å². The first kappa shape index (κ1) is 14.3. The number of benzene rings is 1. The number of carbonyl (C=O) groups excluding carboxylic acids is 1. The summed E-state index contributed by atoms with van der Waals surface area (Å²) in [4.78, 5) is 14.0. The summed E-state index contributed by atoms with van der Waals surface area (Å²) in [5.41, 5.74) is -0.206. The molecular formula is C14H17BrFNO2. The van der Waals surface area contributed by atoms with E-state index < -0.39 is 11.7 Å². The molecule has 2 rings (SSSR count). The lowest BCUT2D eigenvalue weighted by molar-refractivity contribution is 0.0664. The van der Waals surface area contributed by atoms with E-state index in [-0.39, 0.29) is 11.3 Å². The molecule has 1 heterocycles. The molecule has 1 aliphatic rings. The highest BCUT2D eigenvalue weighted by molar-refractivity contribution is 9.09. The number of phenols is 1. The highest BCUT2D eigenvalue weighted by Gasteiger charge is 2.27. The van der Waals surface area contributed by atoms with Gasteiger partial charge in [0.2, 0.25) is 0 Å². The molecule has 5 heteroatoms. The predicted octanol–water partition coefficient (Wildman–Crippen LogP) is 3.17. The molecule has 1 fully saturated rings. The lowest BCUT2D eigenvalue weighted by atomic mass is 9.95. The van der Waals surface area contributed by atoms with Gasteiger partial charge in [-0.2, -0.15) is 0 Å². The van der Waals surface area contributed by atoms with E-state index in [1.807, 2.05) is 0 Å². The van der Waals surface area contributed by atoms with E-state index in [0.29, 0.717) is 19.0 Å². The van der Waals surface area contributed by atoms with Crippen LogP contribution in [-0.2, 0) is 0 Å². The number of hydrogen-bond acceptors (Lipinski definition) is 2. The van der Waals surface area contributed by atoms with Gasteiger partial charge in [0.05, 0.1) is 0 Å². The van der Waals surface area contributed by atoms with Gasteiger partial charge in [0.25, 0.3) is 5.91 Å². The van der Waals surface area contributed by atoms with E-state index in [1.165, 1.54) is 18.2 Å². The Hall–Kier alpha value is -1.10. The fourth-order valence-corrected chi connectivity index (χ4v) is 3.17. The molecule has 3 nitrogen and oxygen atoms in total. The molecule has 0 aromatic heterocycles. The standard InChI is InChI=1S/C14H17BrFNO2/c15-7-6-10-3-2-8-17(9-10)14(19)13-11(16)4-1-5-12(13)18/h1,4-5,10,18H,2-3,6-9H2. The third-order valence-corrected chi connectivity index (χ3v) is 3.99. The Morgan fingerprint density at radius 1 is 1.53 bits per heavy atom. The molecule has 1 saturated heterocycles. The number of nitrogens with zero attached hydrogens (tertiary/aromatic N) is 1. The summed E-state index contributed by atoms with van der Waals surface area (Å²) in [6.45, 7) is 1.27. The van der Waals surface area contributed by atoms with Crippen molar-refractivity contribution < 1.29 is 14.3 Å². The minimum Gasteiger partial charge on any atom is -0.507 e. The summed E-state index contributed by atoms with van der Waals surface area (Å²) in [6.07, 6.45) is 3.03. The molecule has 0 aliphatic carbocycles. The van der Waals surface area contributed by atoms with Gasteiger partial charge in [-0.15, -0.1) is 0 Å². The van der Waals surface area contributed by atoms with Crippen LogP contribution in [0, 0.1) is 11.7 Å². The predicted molar refractivity (Wildman–Crippen MR) is 75.1 cm³/mol. The van der Waals surface area contributed by atoms with Crippen molar-refractivity contribution in [2.24, 2.45) is 5.92 Å². The number of alkyl halides is 1. The van der Waals surface area contributed by atoms with Gasteiger partial charge in [-0.05, 0) is 37.3 Å². The van der Waals surface area contributed by atoms with Crippen molar-refractivity contribution in [1.29, 1.82) is 0 Å². The van der Waals surface area contributed by atoms with Crippen LogP contribution in [0.25, 0.3) is 0 Å². The van der Waals surface area contributed by atoms with Crippen LogP contribution in [0.4, 0.5) is 4.39 Å². The van der Waals surface area contributed by atoms with E-state index in [0.717, 1.165) is 24.6 Å². The molecule has 19 heavy (non-hydrogen) atoms. The third-order valence-electron chi connectivity index (χ3n) is 3.53. The van der Waals surface area contributed by atoms with Crippen molar-refractivity contribution in [2.75, 3.05) is 18.4 Å². The number of halogens is 2. The summed E-state index contributed by atoms with van der Waals surface area (Å²) in [6, 6.07) is 3.94. The van der Waals surface area contributed by atoms with Crippen molar-refractivity contribution in [2.45, 2.75) is 19.3 Å². The smallest absolute Gasteiger partial charge is 0.260 e. The molecule has 0 radical (unpaired) electrons. The second-order valence-electron chi connectivity index (χ2n) is 4.87. The molecule has 1 amide bonds. The number of phenolic OH excluding ortho intramolecular Hbond substituents is 1. The van der Waals surface area contributed by atoms with Crippen molar-refractivity contribution >= 4 is 21.8 Å². The molecule has 1 aromatic rings. The summed E-state index contributed by atoms with van der Waals surface area (Å²) in [5.74, 6) is -0.902. The maximum absolute atomic E-state index is 13.7. The second-order valence-corrected chi connectivity index (χ2v) is 5.66. The van der Waals surface area contributed by atoms with Gasteiger partial charge >= 0.3 is 0 Å². The quantitative estimate of drug-likeness (QED) is 0.865. The van der Waals surface area contributed by atoms with Crippen LogP contribution >= 0.6 is 15.9 Å². The summed E-state index contributed by atoms with van der Waals surface area (Å²) in [5, 5.41) is 10.6. The van der Waals surface area contributed by atoms with Gasteiger partial charge in [-0.1, -0.05) is 22.0 Å². The number of amides is 1. The Bertz CT molecular complexity index is 445. The van der Waals surface area contributed by atoms with Crippen molar-refractivity contribution in [1.82, 2.24) is 4.90 Å². The van der Waals surface area contributed by atoms with Crippen molar-refractivity contribution in [3.05, 3.63) is 29.6 Å². The monoisotopic (exact) mass is 329 g/mol. The Labute approximate surface area is 120 Å². The van der Waals surface area contributed by atoms with Gasteiger partial charge in [-0.3, -0.25) is 4.79 Å². The minimum atomic E-state index is -0.660. The molecule has 1 aliphatic heterocycles. The number of rotatable bonds is 3. The average Bonchev–Trinajstić information content (AvgIpc) is 2.39. The summed E-state index contributed by atoms with van der Waals surface area (Å²) in [7, 11) is 0. The Balaban J connectivity index is 2.15. The molecule has 0 bridgehead atoms. The van der Waals surface area contributed by atoms with Gasteiger partial charge < -0.3 is 10.0 Å². The molecular weight excluding hydrogens is 313 g/mol. The number of carbonyl (C=O) groups is 1. The highest BCUT2D eigenvalue weighted by atomic mass is 79.9. The number of piperidine rings is 1. The number of likely N-dealkylation sites (tertiary alicyclic amines) is 1. The maximum atomic E-state index is 13.7. The van der Waals surface area contributed by atoms with Crippen LogP contribution in [0.2, 0.25) is 0 Å². The first-order valence-corrected chi connectivity index (χ1v) is 7.58. The zero-order valence-electron chi connectivity index (χ0n) is 10.6. The van der Waals surface area contributed by atoms with Crippen LogP contribution in [0.5, 0.6) is 5.75 Å². The first-order chi connectivity index (χ1) is 9.13. The first-order valence-electron chi connectivity index (χ1n) is 6.46. The van der Waals surface area contributed by atoms with E-state index >= 15 is 0 Å². The molecule has 0 spiro atoms. The van der Waals surface area contributed by atoms with E-state index in [4.69, 9.17) is 0 Å². The van der Waals surface area contributed by atoms with Crippen LogP contribution < -0.4 is 0 Å². The molecule has 104 valence electrons. The van der Waals surface area contributed by atoms with Gasteiger partial charge in [-0.25, -0.2) is 4.39 Å². The van der Waals surface area contributed by atoms with Crippen LogP contribution in [0.15, 0.2) is 18.2 Å². The lowest BCUT2D eigenvalue weighted by Crippen LogP contribution is -2.40. The fourth-order valence-electron chi connectivity index (χ4n) is 2.52. The zero-order chi connectivity index (χ0) is 13.8. The van der Waals surface area contributed by atoms with Crippen LogP contribution in [-0.4, -0.2) is 34.3 Å². The lowest BCUT2D eigenvalue weighted by Gasteiger charge is -2.32. The SMILES string of the molecule is O=C(c1c(O)cccc1F)N1CCCC(CCBr)C1. The topological polar surface area (TPSA) is 40.5 Å². The second kappa shape index (κ2) is 6.37. The summed E-state index contributed by atoms with van der Waals surface area (Å²) >= 11 is 3.41. The van der Waals surface area contributed by atoms with E-state index in [1.54, 1.807) is 4.90 Å². The zero-order valence-corrected chi connectivity index (χ0v) is 12.2. The van der Waals surface area contributed by atoms with E-state index in [2.05, 4.69) is 15.9 Å². The summed E-state index contributed by atoms with van der Waals surface area (Å²) < 4.78 is 13.7. The van der Waals surface area contributed by atoms with E-state index in [9.17, 15) is 14.3 Å². The Kier molecular flexibility index (Phi) is 4.80. The number of hydrogen-bond donors (Lipinski definition) is 1. The van der Waals surface area contributed by atoms with Crippen molar-refractivity contribution in [3.8, 4) is 5.75 Å². The highest BCUT2D eigenvalue weighted by Crippen LogP contribution is 2.26. The Morgan fingerprint density at radius 3 is 3.00 bits per heavy atom. The van der Waals surface area contributed by atoms with Crippen LogP contribution in [0.3, 0.4) is 0 Å². The molecule has 1 unspecified atom stereocenters. The molecule has 1 atom stereocenters. The normalized spacial score (nSPS) is 19.5. The fraction of sp³-hybridized carbons (Fsp3) is 0.500. The van der Waals surface area contributed by atoms with Crippen molar-refractivity contribution in [3.63, 3.8) is 0 Å². The molecule has 1 aromatic carbocycles. The van der Waals surface area contributed by atoms with Gasteiger partial charge in [0.15, 0.2) is 0 Å². The molecule has 0 saturated carbocycles. The van der Waals surface area contributed by atoms with Gasteiger partial charge in [0, 0.05) is 18.4 Å². The minimum absolute atomic E-state index is 0.206. The third kappa shape index (κ3) is 3.26. The molecule has 1 N–H and O–H groups in total. The largest absolute Gasteiger partial charge is 0.507 e. The van der Waals surface area contributed by atoms with Gasteiger partial charge in [0.1, 0.15) is 17.1 Å². The average molecular weight is 330 g/mol. The maximum Gasteiger partial charge on any atom is 0.260 e.